The number of nitro groups is 1. The van der Waals surface area contributed by atoms with Crippen LogP contribution >= 0.6 is 0 Å². The molecule has 0 radical (unpaired) electrons. The number of aliphatic hydroxyl groups is 1. The van der Waals surface area contributed by atoms with Crippen LogP contribution in [0.4, 0.5) is 5.69 Å². The number of nitrogens with one attached hydrogen (secondary N) is 1. The quantitative estimate of drug-likeness (QED) is 0.572. The Kier molecular flexibility index (Phi) is 5.74. The Morgan fingerprint density at radius 2 is 1.94 bits per heavy atom. The third kappa shape index (κ3) is 4.43. The van der Waals surface area contributed by atoms with Crippen molar-refractivity contribution in [2.45, 2.75) is 26.3 Å². The summed E-state index contributed by atoms with van der Waals surface area (Å²) in [6.45, 7) is 4.98. The normalized spacial score (nSPS) is 12.7. The van der Waals surface area contributed by atoms with Gasteiger partial charge in [-0.1, -0.05) is 26.0 Å². The highest BCUT2D eigenvalue weighted by atomic mass is 16.6. The van der Waals surface area contributed by atoms with Crippen LogP contribution in [-0.2, 0) is 6.42 Å². The first-order valence-electron chi connectivity index (χ1n) is 6.12. The van der Waals surface area contributed by atoms with Crippen LogP contribution in [0.5, 0.6) is 0 Å². The minimum atomic E-state index is -0.400. The van der Waals surface area contributed by atoms with Crippen molar-refractivity contribution in [2.24, 2.45) is 5.92 Å². The van der Waals surface area contributed by atoms with E-state index in [1.807, 2.05) is 0 Å². The lowest BCUT2D eigenvalue weighted by Crippen LogP contribution is -2.38. The third-order valence-electron chi connectivity index (χ3n) is 2.97. The van der Waals surface area contributed by atoms with Crippen molar-refractivity contribution >= 4 is 5.69 Å². The monoisotopic (exact) mass is 252 g/mol. The molecule has 1 aromatic carbocycles. The van der Waals surface area contributed by atoms with E-state index in [4.69, 9.17) is 5.11 Å². The lowest BCUT2D eigenvalue weighted by Gasteiger charge is -2.19. The van der Waals surface area contributed by atoms with Gasteiger partial charge in [-0.3, -0.25) is 10.1 Å². The van der Waals surface area contributed by atoms with Gasteiger partial charge >= 0.3 is 0 Å². The second-order valence-electron chi connectivity index (χ2n) is 4.66. The largest absolute Gasteiger partial charge is 0.395 e. The average molecular weight is 252 g/mol. The highest BCUT2D eigenvalue weighted by Crippen LogP contribution is 2.12. The number of nitro benzene ring substituents is 1. The molecule has 0 aliphatic carbocycles. The van der Waals surface area contributed by atoms with Crippen molar-refractivity contribution in [1.82, 2.24) is 5.32 Å². The van der Waals surface area contributed by atoms with Crippen molar-refractivity contribution in [1.29, 1.82) is 0 Å². The summed E-state index contributed by atoms with van der Waals surface area (Å²) in [7, 11) is 0. The standard InChI is InChI=1S/C13H20N2O3/c1-10(2)13(9-16)14-8-7-11-3-5-12(6-4-11)15(17)18/h3-6,10,13-14,16H,7-9H2,1-2H3/t13-/m1/s1. The van der Waals surface area contributed by atoms with Gasteiger partial charge in [-0.15, -0.1) is 0 Å². The van der Waals surface area contributed by atoms with Gasteiger partial charge < -0.3 is 10.4 Å². The molecule has 0 saturated carbocycles. The molecule has 0 aromatic heterocycles. The van der Waals surface area contributed by atoms with E-state index in [-0.39, 0.29) is 18.3 Å². The highest BCUT2D eigenvalue weighted by molar-refractivity contribution is 5.32. The van der Waals surface area contributed by atoms with Crippen molar-refractivity contribution < 1.29 is 10.0 Å². The summed E-state index contributed by atoms with van der Waals surface area (Å²) in [5.41, 5.74) is 1.16. The summed E-state index contributed by atoms with van der Waals surface area (Å²) in [6.07, 6.45) is 0.793. The van der Waals surface area contributed by atoms with Gasteiger partial charge in [0.1, 0.15) is 0 Å². The van der Waals surface area contributed by atoms with Gasteiger partial charge in [0.15, 0.2) is 0 Å². The number of hydrogen-bond donors (Lipinski definition) is 2. The number of nitrogens with zero attached hydrogens (tertiary/aromatic N) is 1. The topological polar surface area (TPSA) is 75.4 Å². The molecule has 1 rings (SSSR count). The number of rotatable bonds is 7. The molecule has 0 fully saturated rings. The van der Waals surface area contributed by atoms with Crippen molar-refractivity contribution in [3.8, 4) is 0 Å². The molecule has 0 unspecified atom stereocenters. The minimum Gasteiger partial charge on any atom is -0.395 e. The first-order chi connectivity index (χ1) is 8.54. The minimum absolute atomic E-state index is 0.100. The number of aliphatic hydroxyl groups excluding tert-OH is 1. The van der Waals surface area contributed by atoms with Gasteiger partial charge in [-0.05, 0) is 24.4 Å². The maximum atomic E-state index is 10.5. The molecule has 5 heteroatoms. The van der Waals surface area contributed by atoms with Gasteiger partial charge in [-0.25, -0.2) is 0 Å². The fourth-order valence-corrected chi connectivity index (χ4v) is 1.70. The maximum Gasteiger partial charge on any atom is 0.269 e. The predicted molar refractivity (Wildman–Crippen MR) is 70.5 cm³/mol. The fraction of sp³-hybridized carbons (Fsp3) is 0.538. The summed E-state index contributed by atoms with van der Waals surface area (Å²) >= 11 is 0. The first kappa shape index (κ1) is 14.6. The van der Waals surface area contributed by atoms with Gasteiger partial charge in [-0.2, -0.15) is 0 Å². The first-order valence-corrected chi connectivity index (χ1v) is 6.12. The molecule has 0 amide bonds. The molecule has 0 bridgehead atoms. The number of benzene rings is 1. The van der Waals surface area contributed by atoms with Gasteiger partial charge in [0.05, 0.1) is 11.5 Å². The second kappa shape index (κ2) is 7.08. The smallest absolute Gasteiger partial charge is 0.269 e. The Morgan fingerprint density at radius 3 is 2.39 bits per heavy atom. The van der Waals surface area contributed by atoms with Crippen LogP contribution in [0.15, 0.2) is 24.3 Å². The number of non-ortho nitro benzene ring substituents is 1. The van der Waals surface area contributed by atoms with Crippen LogP contribution < -0.4 is 5.32 Å². The Hall–Kier alpha value is -1.46. The zero-order valence-electron chi connectivity index (χ0n) is 10.8. The van der Waals surface area contributed by atoms with E-state index in [2.05, 4.69) is 19.2 Å². The Labute approximate surface area is 107 Å². The van der Waals surface area contributed by atoms with E-state index in [0.717, 1.165) is 18.5 Å². The molecule has 0 heterocycles. The lowest BCUT2D eigenvalue weighted by atomic mass is 10.0. The van der Waals surface area contributed by atoms with Crippen LogP contribution in [-0.4, -0.2) is 29.2 Å². The average Bonchev–Trinajstić information content (AvgIpc) is 2.34. The maximum absolute atomic E-state index is 10.5. The fourth-order valence-electron chi connectivity index (χ4n) is 1.70. The Balaban J connectivity index is 2.42. The Morgan fingerprint density at radius 1 is 1.33 bits per heavy atom. The third-order valence-corrected chi connectivity index (χ3v) is 2.97. The summed E-state index contributed by atoms with van der Waals surface area (Å²) in [4.78, 5) is 10.1. The van der Waals surface area contributed by atoms with Gasteiger partial charge in [0.25, 0.3) is 5.69 Å². The molecule has 2 N–H and O–H groups in total. The van der Waals surface area contributed by atoms with Crippen LogP contribution in [0, 0.1) is 16.0 Å². The Bertz CT molecular complexity index is 376. The molecular weight excluding hydrogens is 232 g/mol. The zero-order chi connectivity index (χ0) is 13.5. The molecule has 1 aromatic rings. The lowest BCUT2D eigenvalue weighted by molar-refractivity contribution is -0.384. The molecule has 100 valence electrons. The van der Waals surface area contributed by atoms with E-state index in [9.17, 15) is 10.1 Å². The van der Waals surface area contributed by atoms with Crippen LogP contribution in [0.25, 0.3) is 0 Å². The summed E-state index contributed by atoms with van der Waals surface area (Å²) in [6, 6.07) is 6.66. The van der Waals surface area contributed by atoms with Crippen molar-refractivity contribution in [2.75, 3.05) is 13.2 Å². The molecule has 1 atom stereocenters. The molecule has 0 aliphatic rings. The van der Waals surface area contributed by atoms with Gasteiger partial charge in [0.2, 0.25) is 0 Å². The van der Waals surface area contributed by atoms with Crippen LogP contribution in [0.1, 0.15) is 19.4 Å². The highest BCUT2D eigenvalue weighted by Gasteiger charge is 2.10. The van der Waals surface area contributed by atoms with E-state index in [0.29, 0.717) is 5.92 Å². The van der Waals surface area contributed by atoms with E-state index in [1.165, 1.54) is 12.1 Å². The SMILES string of the molecule is CC(C)[C@@H](CO)NCCc1ccc([N+](=O)[O-])cc1. The molecule has 5 nitrogen and oxygen atoms in total. The van der Waals surface area contributed by atoms with Crippen LogP contribution in [0.2, 0.25) is 0 Å². The van der Waals surface area contributed by atoms with Crippen molar-refractivity contribution in [3.05, 3.63) is 39.9 Å². The van der Waals surface area contributed by atoms with Crippen LogP contribution in [0.3, 0.4) is 0 Å². The van der Waals surface area contributed by atoms with E-state index >= 15 is 0 Å². The molecule has 18 heavy (non-hydrogen) atoms. The molecule has 0 spiro atoms. The summed E-state index contributed by atoms with van der Waals surface area (Å²) < 4.78 is 0. The number of hydrogen-bond acceptors (Lipinski definition) is 4. The molecule has 0 saturated heterocycles. The van der Waals surface area contributed by atoms with E-state index < -0.39 is 4.92 Å². The zero-order valence-corrected chi connectivity index (χ0v) is 10.8. The van der Waals surface area contributed by atoms with Gasteiger partial charge in [0, 0.05) is 18.2 Å². The summed E-state index contributed by atoms with van der Waals surface area (Å²) in [5, 5.41) is 22.9. The second-order valence-corrected chi connectivity index (χ2v) is 4.66. The molecular formula is C13H20N2O3. The van der Waals surface area contributed by atoms with E-state index in [1.54, 1.807) is 12.1 Å². The van der Waals surface area contributed by atoms with Crippen molar-refractivity contribution in [3.63, 3.8) is 0 Å². The summed E-state index contributed by atoms with van der Waals surface area (Å²) in [5.74, 6) is 0.381. The predicted octanol–water partition coefficient (Wildman–Crippen LogP) is 1.74. The molecule has 0 aliphatic heterocycles.